The van der Waals surface area contributed by atoms with Crippen molar-refractivity contribution < 1.29 is 14.6 Å². The van der Waals surface area contributed by atoms with Crippen LogP contribution in [0.15, 0.2) is 53.3 Å². The van der Waals surface area contributed by atoms with Crippen LogP contribution in [0.1, 0.15) is 35.2 Å². The Bertz CT molecular complexity index is 1130. The van der Waals surface area contributed by atoms with Crippen LogP contribution in [0.4, 0.5) is 5.69 Å². The monoisotopic (exact) mass is 407 g/mol. The van der Waals surface area contributed by atoms with Crippen LogP contribution in [-0.2, 0) is 11.2 Å². The van der Waals surface area contributed by atoms with Crippen molar-refractivity contribution in [2.75, 3.05) is 12.4 Å². The Morgan fingerprint density at radius 3 is 2.53 bits per heavy atom. The zero-order chi connectivity index (χ0) is 21.5. The average Bonchev–Trinajstić information content (AvgIpc) is 3.07. The SMILES string of the molecule is COc1ccc(C2c3c([nH][nH]c3=O)CC(C)(O)C2C(=O)Nc2ccccc2C)cc1. The van der Waals surface area contributed by atoms with Gasteiger partial charge in [0.2, 0.25) is 5.91 Å². The first kappa shape index (κ1) is 20.0. The molecule has 1 aliphatic carbocycles. The number of fused-ring (bicyclic) bond motifs is 1. The molecule has 0 saturated heterocycles. The number of benzene rings is 2. The van der Waals surface area contributed by atoms with Gasteiger partial charge in [0.1, 0.15) is 5.75 Å². The number of aromatic nitrogens is 2. The third-order valence-electron chi connectivity index (χ3n) is 5.91. The maximum Gasteiger partial charge on any atom is 0.267 e. The van der Waals surface area contributed by atoms with Gasteiger partial charge in [-0.15, -0.1) is 0 Å². The summed E-state index contributed by atoms with van der Waals surface area (Å²) < 4.78 is 5.24. The minimum absolute atomic E-state index is 0.166. The first-order valence-corrected chi connectivity index (χ1v) is 9.84. The van der Waals surface area contributed by atoms with E-state index in [1.54, 1.807) is 26.2 Å². The molecule has 3 unspecified atom stereocenters. The van der Waals surface area contributed by atoms with Crippen molar-refractivity contribution in [3.63, 3.8) is 0 Å². The van der Waals surface area contributed by atoms with Crippen molar-refractivity contribution in [1.82, 2.24) is 10.2 Å². The molecule has 2 aromatic carbocycles. The van der Waals surface area contributed by atoms with E-state index < -0.39 is 17.4 Å². The molecule has 3 aromatic rings. The predicted octanol–water partition coefficient (Wildman–Crippen LogP) is 2.71. The Morgan fingerprint density at radius 1 is 1.17 bits per heavy atom. The van der Waals surface area contributed by atoms with E-state index in [0.29, 0.717) is 22.7 Å². The number of hydrogen-bond donors (Lipinski definition) is 4. The molecule has 3 atom stereocenters. The van der Waals surface area contributed by atoms with E-state index in [4.69, 9.17) is 4.74 Å². The number of ether oxygens (including phenoxy) is 1. The molecular weight excluding hydrogens is 382 g/mol. The highest BCUT2D eigenvalue weighted by molar-refractivity contribution is 5.95. The van der Waals surface area contributed by atoms with Gasteiger partial charge in [-0.1, -0.05) is 30.3 Å². The molecule has 7 nitrogen and oxygen atoms in total. The summed E-state index contributed by atoms with van der Waals surface area (Å²) in [6, 6.07) is 14.7. The number of aliphatic hydroxyl groups is 1. The lowest BCUT2D eigenvalue weighted by Crippen LogP contribution is -2.51. The number of nitrogens with one attached hydrogen (secondary N) is 3. The van der Waals surface area contributed by atoms with Crippen LogP contribution < -0.4 is 15.6 Å². The van der Waals surface area contributed by atoms with Crippen molar-refractivity contribution in [2.24, 2.45) is 5.92 Å². The summed E-state index contributed by atoms with van der Waals surface area (Å²) in [5, 5.41) is 19.8. The molecule has 7 heteroatoms. The van der Waals surface area contributed by atoms with E-state index in [0.717, 1.165) is 11.1 Å². The Hall–Kier alpha value is -3.32. The van der Waals surface area contributed by atoms with Gasteiger partial charge in [0, 0.05) is 29.3 Å². The molecule has 156 valence electrons. The summed E-state index contributed by atoms with van der Waals surface area (Å²) in [6.45, 7) is 3.55. The van der Waals surface area contributed by atoms with Crippen molar-refractivity contribution in [1.29, 1.82) is 0 Å². The molecular formula is C23H25N3O4. The number of aromatic amines is 2. The Balaban J connectivity index is 1.82. The van der Waals surface area contributed by atoms with Gasteiger partial charge in [-0.25, -0.2) is 0 Å². The Kier molecular flexibility index (Phi) is 4.99. The van der Waals surface area contributed by atoms with E-state index in [9.17, 15) is 14.7 Å². The summed E-state index contributed by atoms with van der Waals surface area (Å²) in [6.07, 6.45) is 0.166. The van der Waals surface area contributed by atoms with Gasteiger partial charge in [0.15, 0.2) is 0 Å². The van der Waals surface area contributed by atoms with Crippen molar-refractivity contribution >= 4 is 11.6 Å². The fourth-order valence-electron chi connectivity index (χ4n) is 4.39. The number of H-pyrrole nitrogens is 2. The molecule has 0 bridgehead atoms. The zero-order valence-corrected chi connectivity index (χ0v) is 17.2. The lowest BCUT2D eigenvalue weighted by atomic mass is 9.66. The van der Waals surface area contributed by atoms with Crippen molar-refractivity contribution in [3.05, 3.63) is 81.3 Å². The van der Waals surface area contributed by atoms with Crippen molar-refractivity contribution in [2.45, 2.75) is 31.8 Å². The predicted molar refractivity (Wildman–Crippen MR) is 114 cm³/mol. The van der Waals surface area contributed by atoms with Gasteiger partial charge in [0.25, 0.3) is 5.56 Å². The number of hydrogen-bond acceptors (Lipinski definition) is 4. The Morgan fingerprint density at radius 2 is 1.87 bits per heavy atom. The molecule has 1 amide bonds. The zero-order valence-electron chi connectivity index (χ0n) is 17.2. The van der Waals surface area contributed by atoms with Crippen LogP contribution in [-0.4, -0.2) is 33.9 Å². The fourth-order valence-corrected chi connectivity index (χ4v) is 4.39. The third kappa shape index (κ3) is 3.41. The number of anilines is 1. The highest BCUT2D eigenvalue weighted by Gasteiger charge is 2.50. The lowest BCUT2D eigenvalue weighted by molar-refractivity contribution is -0.130. The fraction of sp³-hybridized carbons (Fsp3) is 0.304. The minimum Gasteiger partial charge on any atom is -0.497 e. The topological polar surface area (TPSA) is 107 Å². The van der Waals surface area contributed by atoms with Gasteiger partial charge < -0.3 is 20.3 Å². The standard InChI is InChI=1S/C23H25N3O4/c1-13-6-4-5-7-16(13)24-22(28)20-18(14-8-10-15(30-3)11-9-14)19-17(12-23(20,2)29)25-26-21(19)27/h4-11,18,20,29H,12H2,1-3H3,(H,24,28)(H2,25,26,27). The van der Waals surface area contributed by atoms with Crippen molar-refractivity contribution in [3.8, 4) is 5.75 Å². The van der Waals surface area contributed by atoms with E-state index in [2.05, 4.69) is 15.5 Å². The van der Waals surface area contributed by atoms with E-state index in [1.165, 1.54) is 0 Å². The van der Waals surface area contributed by atoms with E-state index in [-0.39, 0.29) is 17.9 Å². The van der Waals surface area contributed by atoms with Crippen LogP contribution >= 0.6 is 0 Å². The first-order valence-electron chi connectivity index (χ1n) is 9.84. The maximum atomic E-state index is 13.5. The number of rotatable bonds is 4. The molecule has 4 N–H and O–H groups in total. The van der Waals surface area contributed by atoms with Gasteiger partial charge in [-0.2, -0.15) is 0 Å². The smallest absolute Gasteiger partial charge is 0.267 e. The van der Waals surface area contributed by atoms with Gasteiger partial charge in [-0.3, -0.25) is 14.7 Å². The van der Waals surface area contributed by atoms with Gasteiger partial charge in [-0.05, 0) is 43.2 Å². The molecule has 4 rings (SSSR count). The highest BCUT2D eigenvalue weighted by Crippen LogP contribution is 2.44. The summed E-state index contributed by atoms with van der Waals surface area (Å²) in [5.74, 6) is -1.14. The van der Waals surface area contributed by atoms with Crippen LogP contribution in [0, 0.1) is 12.8 Å². The first-order chi connectivity index (χ1) is 14.3. The highest BCUT2D eigenvalue weighted by atomic mass is 16.5. The molecule has 0 fully saturated rings. The molecule has 0 spiro atoms. The number of amides is 1. The molecule has 0 radical (unpaired) electrons. The molecule has 0 aliphatic heterocycles. The molecule has 1 aliphatic rings. The molecule has 0 saturated carbocycles. The summed E-state index contributed by atoms with van der Waals surface area (Å²) in [5.41, 5.74) is 1.81. The number of methoxy groups -OCH3 is 1. The molecule has 30 heavy (non-hydrogen) atoms. The quantitative estimate of drug-likeness (QED) is 0.533. The lowest BCUT2D eigenvalue weighted by Gasteiger charge is -2.41. The van der Waals surface area contributed by atoms with Crippen LogP contribution in [0.5, 0.6) is 5.75 Å². The maximum absolute atomic E-state index is 13.5. The summed E-state index contributed by atoms with van der Waals surface area (Å²) in [7, 11) is 1.58. The summed E-state index contributed by atoms with van der Waals surface area (Å²) in [4.78, 5) is 26.1. The van der Waals surface area contributed by atoms with Crippen LogP contribution in [0.25, 0.3) is 0 Å². The van der Waals surface area contributed by atoms with E-state index in [1.807, 2.05) is 43.3 Å². The second-order valence-electron chi connectivity index (χ2n) is 8.04. The van der Waals surface area contributed by atoms with Crippen LogP contribution in [0.3, 0.4) is 0 Å². The summed E-state index contributed by atoms with van der Waals surface area (Å²) >= 11 is 0. The van der Waals surface area contributed by atoms with Gasteiger partial charge >= 0.3 is 0 Å². The number of para-hydroxylation sites is 1. The third-order valence-corrected chi connectivity index (χ3v) is 5.91. The Labute approximate surface area is 174 Å². The second-order valence-corrected chi connectivity index (χ2v) is 8.04. The normalized spacial score (nSPS) is 22.9. The van der Waals surface area contributed by atoms with Crippen LogP contribution in [0.2, 0.25) is 0 Å². The number of aryl methyl sites for hydroxylation is 1. The largest absolute Gasteiger partial charge is 0.497 e. The molecule has 1 aromatic heterocycles. The number of carbonyl (C=O) groups excluding carboxylic acids is 1. The second kappa shape index (κ2) is 7.50. The van der Waals surface area contributed by atoms with E-state index >= 15 is 0 Å². The minimum atomic E-state index is -1.37. The number of carbonyl (C=O) groups is 1. The van der Waals surface area contributed by atoms with Gasteiger partial charge in [0.05, 0.1) is 18.6 Å². The average molecular weight is 407 g/mol. The molecule has 1 heterocycles.